The fourth-order valence-electron chi connectivity index (χ4n) is 2.24. The quantitative estimate of drug-likeness (QED) is 0.798. The molecule has 2 N–H and O–H groups in total. The first-order valence-corrected chi connectivity index (χ1v) is 9.29. The molecule has 0 saturated heterocycles. The number of nitrogens with one attached hydrogen (secondary N) is 1. The molecule has 0 unspecified atom stereocenters. The van der Waals surface area contributed by atoms with Gasteiger partial charge >= 0.3 is 137 Å². The van der Waals surface area contributed by atoms with Gasteiger partial charge in [-0.1, -0.05) is 0 Å². The van der Waals surface area contributed by atoms with Crippen LogP contribution in [0.4, 0.5) is 4.79 Å². The number of aliphatic hydroxyl groups excluding tert-OH is 1. The maximum absolute atomic E-state index is 11.8. The van der Waals surface area contributed by atoms with E-state index in [2.05, 4.69) is 34.5 Å². The van der Waals surface area contributed by atoms with Gasteiger partial charge in [-0.25, -0.2) is 0 Å². The van der Waals surface area contributed by atoms with Gasteiger partial charge in [0.15, 0.2) is 0 Å². The van der Waals surface area contributed by atoms with Crippen molar-refractivity contribution in [2.45, 2.75) is 45.3 Å². The molecule has 0 aliphatic rings. The Morgan fingerprint density at radius 1 is 1.36 bits per heavy atom. The fourth-order valence-corrected chi connectivity index (χ4v) is 4.33. The monoisotopic (exact) mass is 369 g/mol. The molecule has 0 aliphatic heterocycles. The van der Waals surface area contributed by atoms with Crippen LogP contribution in [0.15, 0.2) is 29.2 Å². The van der Waals surface area contributed by atoms with Crippen LogP contribution in [-0.2, 0) is 11.2 Å². The van der Waals surface area contributed by atoms with Crippen LogP contribution in [0.5, 0.6) is 0 Å². The molecule has 22 heavy (non-hydrogen) atoms. The van der Waals surface area contributed by atoms with E-state index in [0.717, 1.165) is 6.42 Å². The van der Waals surface area contributed by atoms with Gasteiger partial charge in [-0.05, 0) is 0 Å². The van der Waals surface area contributed by atoms with Crippen LogP contribution in [0.1, 0.15) is 32.8 Å². The van der Waals surface area contributed by atoms with Gasteiger partial charge in [-0.15, -0.1) is 0 Å². The molecule has 0 aliphatic carbocycles. The fraction of sp³-hybridized carbons (Fsp3) is 0.471. The Kier molecular flexibility index (Phi) is 5.68. The van der Waals surface area contributed by atoms with Gasteiger partial charge in [0.1, 0.15) is 0 Å². The number of carbonyl (C=O) groups is 1. The minimum atomic E-state index is -0.528. The van der Waals surface area contributed by atoms with Gasteiger partial charge in [0.25, 0.3) is 0 Å². The standard InChI is InChI=1S/C17H23NO3Se/c1-17(2,3)21-16(20)18-13(10-19)9-8-12-11-22-15-7-5-4-6-14(12)15/h4-7,11,13,19H,8-10H2,1-3H3,(H,18,20)/t13-/m1/s1. The molecule has 0 spiro atoms. The van der Waals surface area contributed by atoms with E-state index in [1.807, 2.05) is 20.8 Å². The van der Waals surface area contributed by atoms with Crippen molar-refractivity contribution >= 4 is 30.2 Å². The Hall–Kier alpha value is -1.29. The normalized spacial score (nSPS) is 13.1. The van der Waals surface area contributed by atoms with Gasteiger partial charge in [-0.2, -0.15) is 0 Å². The number of hydrogen-bond donors (Lipinski definition) is 2. The Balaban J connectivity index is 1.92. The van der Waals surface area contributed by atoms with Crippen molar-refractivity contribution in [2.75, 3.05) is 6.61 Å². The Morgan fingerprint density at radius 2 is 2.09 bits per heavy atom. The predicted octanol–water partition coefficient (Wildman–Crippen LogP) is 2.72. The van der Waals surface area contributed by atoms with Gasteiger partial charge in [0.05, 0.1) is 0 Å². The molecular weight excluding hydrogens is 345 g/mol. The Morgan fingerprint density at radius 3 is 2.77 bits per heavy atom. The van der Waals surface area contributed by atoms with Crippen molar-refractivity contribution < 1.29 is 14.6 Å². The number of rotatable bonds is 5. The number of carbonyl (C=O) groups excluding carboxylic acids is 1. The van der Waals surface area contributed by atoms with Crippen molar-refractivity contribution in [3.05, 3.63) is 34.8 Å². The van der Waals surface area contributed by atoms with E-state index in [1.165, 1.54) is 15.2 Å². The topological polar surface area (TPSA) is 58.6 Å². The minimum absolute atomic E-state index is 0.0840. The molecule has 120 valence electrons. The van der Waals surface area contributed by atoms with Gasteiger partial charge < -0.3 is 0 Å². The molecule has 0 saturated carbocycles. The summed E-state index contributed by atoms with van der Waals surface area (Å²) >= 11 is 0.402. The van der Waals surface area contributed by atoms with E-state index in [4.69, 9.17) is 4.74 Å². The Labute approximate surface area is 137 Å². The van der Waals surface area contributed by atoms with E-state index in [0.29, 0.717) is 20.9 Å². The van der Waals surface area contributed by atoms with Crippen LogP contribution in [0.2, 0.25) is 0 Å². The average molecular weight is 368 g/mol. The third kappa shape index (κ3) is 4.87. The molecule has 0 radical (unpaired) electrons. The molecule has 1 amide bonds. The van der Waals surface area contributed by atoms with E-state index in [-0.39, 0.29) is 12.6 Å². The summed E-state index contributed by atoms with van der Waals surface area (Å²) in [5.41, 5.74) is 0.791. The molecule has 1 aromatic heterocycles. The number of amides is 1. The molecule has 1 heterocycles. The van der Waals surface area contributed by atoms with E-state index < -0.39 is 11.7 Å². The third-order valence-electron chi connectivity index (χ3n) is 3.26. The average Bonchev–Trinajstić information content (AvgIpc) is 2.84. The second-order valence-corrected chi connectivity index (χ2v) is 8.23. The van der Waals surface area contributed by atoms with Crippen LogP contribution in [-0.4, -0.2) is 44.0 Å². The summed E-state index contributed by atoms with van der Waals surface area (Å²) in [5, 5.41) is 13.5. The molecule has 4 nitrogen and oxygen atoms in total. The van der Waals surface area contributed by atoms with E-state index >= 15 is 0 Å². The van der Waals surface area contributed by atoms with Crippen molar-refractivity contribution in [3.8, 4) is 0 Å². The Bertz CT molecular complexity index is 630. The number of fused-ring (bicyclic) bond motifs is 1. The molecule has 2 aromatic rings. The summed E-state index contributed by atoms with van der Waals surface area (Å²) in [6, 6.07) is 8.15. The summed E-state index contributed by atoms with van der Waals surface area (Å²) in [4.78, 5) is 14.1. The zero-order valence-corrected chi connectivity index (χ0v) is 15.0. The summed E-state index contributed by atoms with van der Waals surface area (Å²) < 4.78 is 6.63. The molecule has 1 aromatic carbocycles. The molecule has 1 atom stereocenters. The molecule has 2 rings (SSSR count). The summed E-state index contributed by atoms with van der Waals surface area (Å²) in [5.74, 6) is 0. The van der Waals surface area contributed by atoms with E-state index in [1.54, 1.807) is 0 Å². The molecule has 5 heteroatoms. The molecule has 0 bridgehead atoms. The number of aliphatic hydroxyl groups is 1. The van der Waals surface area contributed by atoms with Crippen LogP contribution >= 0.6 is 0 Å². The zero-order chi connectivity index (χ0) is 16.2. The number of ether oxygens (including phenoxy) is 1. The number of aryl methyl sites for hydroxylation is 1. The number of benzene rings is 1. The molecular formula is C17H23NO3Se. The summed E-state index contributed by atoms with van der Waals surface area (Å²) in [7, 11) is 0. The van der Waals surface area contributed by atoms with Crippen LogP contribution < -0.4 is 5.32 Å². The van der Waals surface area contributed by atoms with Gasteiger partial charge in [-0.3, -0.25) is 0 Å². The summed E-state index contributed by atoms with van der Waals surface area (Å²) in [6.45, 7) is 5.38. The number of hydrogen-bond acceptors (Lipinski definition) is 3. The van der Waals surface area contributed by atoms with Crippen LogP contribution in [0, 0.1) is 0 Å². The second kappa shape index (κ2) is 7.32. The van der Waals surface area contributed by atoms with Crippen LogP contribution in [0.3, 0.4) is 0 Å². The van der Waals surface area contributed by atoms with Gasteiger partial charge in [0, 0.05) is 0 Å². The second-order valence-electron chi connectivity index (χ2n) is 6.32. The van der Waals surface area contributed by atoms with Crippen LogP contribution in [0.25, 0.3) is 9.65 Å². The van der Waals surface area contributed by atoms with E-state index in [9.17, 15) is 9.90 Å². The first kappa shape index (κ1) is 17.1. The van der Waals surface area contributed by atoms with Gasteiger partial charge in [0.2, 0.25) is 0 Å². The maximum atomic E-state index is 11.8. The van der Waals surface area contributed by atoms with Crippen molar-refractivity contribution in [1.29, 1.82) is 0 Å². The number of alkyl carbamates (subject to hydrolysis) is 1. The van der Waals surface area contributed by atoms with Crippen molar-refractivity contribution in [2.24, 2.45) is 0 Å². The van der Waals surface area contributed by atoms with Crippen molar-refractivity contribution in [3.63, 3.8) is 0 Å². The molecule has 0 fully saturated rings. The SMILES string of the molecule is CC(C)(C)OC(=O)N[C@@H](CO)CCc1c[se]c2ccccc12. The zero-order valence-electron chi connectivity index (χ0n) is 13.3. The first-order chi connectivity index (χ1) is 10.4. The predicted molar refractivity (Wildman–Crippen MR) is 89.5 cm³/mol. The first-order valence-electron chi connectivity index (χ1n) is 7.44. The van der Waals surface area contributed by atoms with Crippen molar-refractivity contribution in [1.82, 2.24) is 5.32 Å². The third-order valence-corrected chi connectivity index (χ3v) is 5.39. The summed E-state index contributed by atoms with van der Waals surface area (Å²) in [6.07, 6.45) is 1.07.